The van der Waals surface area contributed by atoms with Crippen molar-refractivity contribution in [1.29, 1.82) is 0 Å². The van der Waals surface area contributed by atoms with Crippen LogP contribution < -0.4 is 10.6 Å². The molecule has 1 aromatic rings. The summed E-state index contributed by atoms with van der Waals surface area (Å²) >= 11 is 7.35. The van der Waals surface area contributed by atoms with Gasteiger partial charge in [-0.3, -0.25) is 4.79 Å². The number of rotatable bonds is 7. The third-order valence-electron chi connectivity index (χ3n) is 2.56. The Bertz CT molecular complexity index is 350. The molecule has 2 N–H and O–H groups in total. The number of carbonyl (C=O) groups is 1. The lowest BCUT2D eigenvalue weighted by molar-refractivity contribution is -0.121. The molecule has 1 aromatic heterocycles. The van der Waals surface area contributed by atoms with Gasteiger partial charge in [-0.25, -0.2) is 0 Å². The summed E-state index contributed by atoms with van der Waals surface area (Å²) in [6.07, 6.45) is 1.95. The van der Waals surface area contributed by atoms with Crippen LogP contribution in [0.5, 0.6) is 0 Å². The first-order chi connectivity index (χ1) is 8.15. The Hall–Kier alpha value is -0.580. The van der Waals surface area contributed by atoms with E-state index in [1.165, 1.54) is 11.3 Å². The number of carbonyl (C=O) groups excluding carboxylic acids is 1. The van der Waals surface area contributed by atoms with E-state index in [4.69, 9.17) is 11.6 Å². The van der Waals surface area contributed by atoms with Crippen LogP contribution in [0.3, 0.4) is 0 Å². The lowest BCUT2D eigenvalue weighted by atomic mass is 10.2. The lowest BCUT2D eigenvalue weighted by Gasteiger charge is -2.14. The Morgan fingerprint density at radius 1 is 1.41 bits per heavy atom. The first kappa shape index (κ1) is 14.5. The van der Waals surface area contributed by atoms with Crippen molar-refractivity contribution in [3.8, 4) is 0 Å². The van der Waals surface area contributed by atoms with Crippen LogP contribution in [0.2, 0.25) is 4.34 Å². The molecule has 0 aliphatic carbocycles. The van der Waals surface area contributed by atoms with E-state index < -0.39 is 0 Å². The van der Waals surface area contributed by atoms with Gasteiger partial charge in [0.1, 0.15) is 0 Å². The molecule has 0 aliphatic rings. The van der Waals surface area contributed by atoms with Crippen molar-refractivity contribution in [3.05, 3.63) is 21.3 Å². The van der Waals surface area contributed by atoms with Crippen LogP contribution in [0.4, 0.5) is 0 Å². The minimum atomic E-state index is 0.0568. The van der Waals surface area contributed by atoms with Crippen molar-refractivity contribution >= 4 is 28.8 Å². The largest absolute Gasteiger partial charge is 0.352 e. The molecule has 5 heteroatoms. The van der Waals surface area contributed by atoms with Crippen LogP contribution in [0.25, 0.3) is 0 Å². The van der Waals surface area contributed by atoms with Gasteiger partial charge in [0.15, 0.2) is 0 Å². The van der Waals surface area contributed by atoms with Gasteiger partial charge in [0, 0.05) is 17.5 Å². The van der Waals surface area contributed by atoms with Gasteiger partial charge in [-0.2, -0.15) is 0 Å². The molecule has 0 unspecified atom stereocenters. The molecule has 0 aromatic carbocycles. The van der Waals surface area contributed by atoms with Crippen molar-refractivity contribution in [2.45, 2.75) is 39.3 Å². The van der Waals surface area contributed by atoms with Gasteiger partial charge in [-0.1, -0.05) is 25.4 Å². The zero-order chi connectivity index (χ0) is 12.7. The molecule has 0 saturated carbocycles. The van der Waals surface area contributed by atoms with Crippen LogP contribution in [-0.4, -0.2) is 18.5 Å². The highest BCUT2D eigenvalue weighted by Gasteiger charge is 2.07. The molecule has 0 atom stereocenters. The maximum atomic E-state index is 11.6. The Labute approximate surface area is 112 Å². The Morgan fingerprint density at radius 2 is 2.12 bits per heavy atom. The molecule has 96 valence electrons. The molecule has 0 bridgehead atoms. The highest BCUT2D eigenvalue weighted by molar-refractivity contribution is 7.16. The standard InChI is InChI=1S/C12H19ClN2OS/c1-3-9(4-2)15-12(16)8-14-7-10-5-6-11(13)17-10/h5-6,9,14H,3-4,7-8H2,1-2H3,(H,15,16). The summed E-state index contributed by atoms with van der Waals surface area (Å²) in [4.78, 5) is 12.7. The normalized spacial score (nSPS) is 10.8. The minimum absolute atomic E-state index is 0.0568. The van der Waals surface area contributed by atoms with E-state index in [2.05, 4.69) is 24.5 Å². The first-order valence-electron chi connectivity index (χ1n) is 5.90. The summed E-state index contributed by atoms with van der Waals surface area (Å²) in [6.45, 7) is 5.20. The smallest absolute Gasteiger partial charge is 0.234 e. The fraction of sp³-hybridized carbons (Fsp3) is 0.583. The Balaban J connectivity index is 2.20. The van der Waals surface area contributed by atoms with Gasteiger partial charge in [-0.05, 0) is 25.0 Å². The van der Waals surface area contributed by atoms with Crippen molar-refractivity contribution in [2.75, 3.05) is 6.54 Å². The van der Waals surface area contributed by atoms with E-state index in [9.17, 15) is 4.79 Å². The van der Waals surface area contributed by atoms with Gasteiger partial charge in [0.25, 0.3) is 0 Å². The Kier molecular flexibility index (Phi) is 6.55. The van der Waals surface area contributed by atoms with Gasteiger partial charge >= 0.3 is 0 Å². The third-order valence-corrected chi connectivity index (χ3v) is 3.80. The van der Waals surface area contributed by atoms with E-state index in [1.807, 2.05) is 12.1 Å². The number of halogens is 1. The number of thiophene rings is 1. The molecule has 1 rings (SSSR count). The number of hydrogen-bond acceptors (Lipinski definition) is 3. The summed E-state index contributed by atoms with van der Waals surface area (Å²) in [5, 5.41) is 6.09. The molecule has 0 saturated heterocycles. The second-order valence-electron chi connectivity index (χ2n) is 3.89. The average molecular weight is 275 g/mol. The molecule has 0 fully saturated rings. The second kappa shape index (κ2) is 7.69. The van der Waals surface area contributed by atoms with Gasteiger partial charge in [-0.15, -0.1) is 11.3 Å². The summed E-state index contributed by atoms with van der Waals surface area (Å²) in [5.74, 6) is 0.0568. The van der Waals surface area contributed by atoms with Gasteiger partial charge in [0.05, 0.1) is 10.9 Å². The number of nitrogens with one attached hydrogen (secondary N) is 2. The van der Waals surface area contributed by atoms with E-state index in [0.717, 1.165) is 22.1 Å². The maximum absolute atomic E-state index is 11.6. The summed E-state index contributed by atoms with van der Waals surface area (Å²) < 4.78 is 0.781. The Morgan fingerprint density at radius 3 is 2.65 bits per heavy atom. The number of hydrogen-bond donors (Lipinski definition) is 2. The van der Waals surface area contributed by atoms with E-state index in [-0.39, 0.29) is 5.91 Å². The summed E-state index contributed by atoms with van der Waals surface area (Å²) in [5.41, 5.74) is 0. The molecular weight excluding hydrogens is 256 g/mol. The summed E-state index contributed by atoms with van der Waals surface area (Å²) in [6, 6.07) is 4.13. The summed E-state index contributed by atoms with van der Waals surface area (Å²) in [7, 11) is 0. The number of amides is 1. The monoisotopic (exact) mass is 274 g/mol. The predicted molar refractivity (Wildman–Crippen MR) is 73.5 cm³/mol. The van der Waals surface area contributed by atoms with Gasteiger partial charge in [0.2, 0.25) is 5.91 Å². The zero-order valence-electron chi connectivity index (χ0n) is 10.3. The molecular formula is C12H19ClN2OS. The van der Waals surface area contributed by atoms with Crippen molar-refractivity contribution in [3.63, 3.8) is 0 Å². The maximum Gasteiger partial charge on any atom is 0.234 e. The van der Waals surface area contributed by atoms with Crippen molar-refractivity contribution in [2.24, 2.45) is 0 Å². The van der Waals surface area contributed by atoms with Crippen LogP contribution in [-0.2, 0) is 11.3 Å². The fourth-order valence-electron chi connectivity index (χ4n) is 1.52. The zero-order valence-corrected chi connectivity index (χ0v) is 11.8. The van der Waals surface area contributed by atoms with Crippen LogP contribution >= 0.6 is 22.9 Å². The minimum Gasteiger partial charge on any atom is -0.352 e. The first-order valence-corrected chi connectivity index (χ1v) is 7.09. The topological polar surface area (TPSA) is 41.1 Å². The SMILES string of the molecule is CCC(CC)NC(=O)CNCc1ccc(Cl)s1. The van der Waals surface area contributed by atoms with E-state index in [1.54, 1.807) is 0 Å². The fourth-order valence-corrected chi connectivity index (χ4v) is 2.57. The van der Waals surface area contributed by atoms with E-state index >= 15 is 0 Å². The molecule has 0 radical (unpaired) electrons. The second-order valence-corrected chi connectivity index (χ2v) is 5.69. The molecule has 3 nitrogen and oxygen atoms in total. The van der Waals surface area contributed by atoms with Crippen LogP contribution in [0.1, 0.15) is 31.6 Å². The molecule has 0 spiro atoms. The lowest BCUT2D eigenvalue weighted by Crippen LogP contribution is -2.39. The van der Waals surface area contributed by atoms with Crippen molar-refractivity contribution in [1.82, 2.24) is 10.6 Å². The molecule has 1 amide bonds. The molecule has 1 heterocycles. The van der Waals surface area contributed by atoms with E-state index in [0.29, 0.717) is 19.1 Å². The van der Waals surface area contributed by atoms with Crippen molar-refractivity contribution < 1.29 is 4.79 Å². The highest BCUT2D eigenvalue weighted by Crippen LogP contribution is 2.20. The quantitative estimate of drug-likeness (QED) is 0.803. The van der Waals surface area contributed by atoms with Crippen LogP contribution in [0, 0.1) is 0 Å². The average Bonchev–Trinajstić information content (AvgIpc) is 2.72. The van der Waals surface area contributed by atoms with Gasteiger partial charge < -0.3 is 10.6 Å². The predicted octanol–water partition coefficient (Wildman–Crippen LogP) is 2.80. The molecule has 0 aliphatic heterocycles. The van der Waals surface area contributed by atoms with Crippen LogP contribution in [0.15, 0.2) is 12.1 Å². The third kappa shape index (κ3) is 5.52. The molecule has 17 heavy (non-hydrogen) atoms. The highest BCUT2D eigenvalue weighted by atomic mass is 35.5.